The van der Waals surface area contributed by atoms with Crippen LogP contribution >= 0.6 is 0 Å². The van der Waals surface area contributed by atoms with E-state index in [0.29, 0.717) is 5.41 Å². The molecule has 1 spiro atoms. The lowest BCUT2D eigenvalue weighted by Crippen LogP contribution is -2.42. The quantitative estimate of drug-likeness (QED) is 0.598. The third-order valence-corrected chi connectivity index (χ3v) is 6.56. The van der Waals surface area contributed by atoms with Gasteiger partial charge in [-0.3, -0.25) is 0 Å². The van der Waals surface area contributed by atoms with Crippen molar-refractivity contribution in [3.8, 4) is 0 Å². The molecule has 1 atom stereocenters. The van der Waals surface area contributed by atoms with Gasteiger partial charge in [-0.05, 0) is 57.9 Å². The second-order valence-corrected chi connectivity index (χ2v) is 8.49. The molecule has 0 radical (unpaired) electrons. The van der Waals surface area contributed by atoms with Gasteiger partial charge in [-0.1, -0.05) is 42.5 Å². The van der Waals surface area contributed by atoms with E-state index in [1.54, 1.807) is 0 Å². The Morgan fingerprint density at radius 2 is 1.50 bits per heavy atom. The molecule has 1 unspecified atom stereocenters. The zero-order valence-electron chi connectivity index (χ0n) is 14.1. The molecule has 0 amide bonds. The Kier molecular flexibility index (Phi) is 2.69. The number of hydrogen-bond donors (Lipinski definition) is 0. The van der Waals surface area contributed by atoms with E-state index in [4.69, 9.17) is 9.31 Å². The van der Waals surface area contributed by atoms with Gasteiger partial charge in [-0.25, -0.2) is 0 Å². The van der Waals surface area contributed by atoms with Gasteiger partial charge in [0.1, 0.15) is 0 Å². The SMILES string of the molecule is C=C1CC2(C1)CC2(B1OC(C)(C)C(C)(C)O1)c1ccccc1. The summed E-state index contributed by atoms with van der Waals surface area (Å²) < 4.78 is 12.9. The van der Waals surface area contributed by atoms with Gasteiger partial charge in [0.2, 0.25) is 0 Å². The molecule has 1 aromatic carbocycles. The van der Waals surface area contributed by atoms with Crippen molar-refractivity contribution in [2.75, 3.05) is 0 Å². The number of hydrogen-bond acceptors (Lipinski definition) is 2. The van der Waals surface area contributed by atoms with Gasteiger partial charge in [0.05, 0.1) is 11.2 Å². The second kappa shape index (κ2) is 4.07. The lowest BCUT2D eigenvalue weighted by Gasteiger charge is -2.36. The van der Waals surface area contributed by atoms with Gasteiger partial charge in [-0.15, -0.1) is 0 Å². The maximum Gasteiger partial charge on any atom is 0.469 e. The van der Waals surface area contributed by atoms with E-state index in [-0.39, 0.29) is 23.6 Å². The molecule has 0 aromatic heterocycles. The Balaban J connectivity index is 1.74. The van der Waals surface area contributed by atoms with E-state index in [2.05, 4.69) is 64.6 Å². The summed E-state index contributed by atoms with van der Waals surface area (Å²) in [7, 11) is -0.159. The van der Waals surface area contributed by atoms with Crippen LogP contribution in [0.25, 0.3) is 0 Å². The molecule has 1 aromatic rings. The topological polar surface area (TPSA) is 18.5 Å². The molecule has 2 nitrogen and oxygen atoms in total. The van der Waals surface area contributed by atoms with E-state index in [0.717, 1.165) is 19.3 Å². The molecule has 2 aliphatic carbocycles. The average molecular weight is 296 g/mol. The molecular weight excluding hydrogens is 271 g/mol. The fourth-order valence-corrected chi connectivity index (χ4v) is 4.49. The van der Waals surface area contributed by atoms with Gasteiger partial charge in [-0.2, -0.15) is 0 Å². The van der Waals surface area contributed by atoms with Crippen LogP contribution < -0.4 is 0 Å². The molecule has 1 heterocycles. The van der Waals surface area contributed by atoms with Crippen LogP contribution in [0.3, 0.4) is 0 Å². The van der Waals surface area contributed by atoms with E-state index >= 15 is 0 Å². The molecule has 3 fully saturated rings. The third-order valence-electron chi connectivity index (χ3n) is 6.56. The molecule has 0 bridgehead atoms. The first-order valence-corrected chi connectivity index (χ1v) is 8.30. The summed E-state index contributed by atoms with van der Waals surface area (Å²) in [5.74, 6) is 0. The van der Waals surface area contributed by atoms with E-state index in [9.17, 15) is 0 Å². The van der Waals surface area contributed by atoms with Crippen LogP contribution in [0.5, 0.6) is 0 Å². The third kappa shape index (κ3) is 1.64. The Hall–Kier alpha value is -1.06. The van der Waals surface area contributed by atoms with Crippen LogP contribution in [0.4, 0.5) is 0 Å². The minimum atomic E-state index is -0.274. The summed E-state index contributed by atoms with van der Waals surface area (Å²) in [5.41, 5.74) is 2.50. The monoisotopic (exact) mass is 296 g/mol. The highest BCUT2D eigenvalue weighted by atomic mass is 16.7. The van der Waals surface area contributed by atoms with Crippen molar-refractivity contribution in [2.24, 2.45) is 5.41 Å². The van der Waals surface area contributed by atoms with Gasteiger partial charge in [0, 0.05) is 5.31 Å². The fraction of sp³-hybridized carbons (Fsp3) is 0.579. The Labute approximate surface area is 134 Å². The lowest BCUT2D eigenvalue weighted by molar-refractivity contribution is 0.00578. The normalized spacial score (nSPS) is 33.8. The van der Waals surface area contributed by atoms with Crippen molar-refractivity contribution >= 4 is 7.12 Å². The molecule has 22 heavy (non-hydrogen) atoms. The van der Waals surface area contributed by atoms with E-state index in [1.807, 2.05) is 0 Å². The minimum Gasteiger partial charge on any atom is -0.403 e. The fourth-order valence-electron chi connectivity index (χ4n) is 4.49. The predicted molar refractivity (Wildman–Crippen MR) is 89.6 cm³/mol. The average Bonchev–Trinajstić information content (AvgIpc) is 3.03. The molecule has 1 saturated heterocycles. The van der Waals surface area contributed by atoms with Gasteiger partial charge in [0.25, 0.3) is 0 Å². The summed E-state index contributed by atoms with van der Waals surface area (Å²) in [6.07, 6.45) is 3.39. The first kappa shape index (κ1) is 14.5. The molecular formula is C19H25BO2. The summed E-state index contributed by atoms with van der Waals surface area (Å²) in [6, 6.07) is 10.8. The van der Waals surface area contributed by atoms with Crippen molar-refractivity contribution in [3.63, 3.8) is 0 Å². The zero-order chi connectivity index (χ0) is 15.8. The molecule has 4 rings (SSSR count). The van der Waals surface area contributed by atoms with Crippen LogP contribution in [-0.4, -0.2) is 18.3 Å². The first-order valence-electron chi connectivity index (χ1n) is 8.30. The van der Waals surface area contributed by atoms with Gasteiger partial charge in [0.15, 0.2) is 0 Å². The summed E-state index contributed by atoms with van der Waals surface area (Å²) in [4.78, 5) is 0. The Bertz CT molecular complexity index is 610. The highest BCUT2D eigenvalue weighted by Crippen LogP contribution is 2.77. The maximum absolute atomic E-state index is 6.46. The molecule has 3 heteroatoms. The number of allylic oxidation sites excluding steroid dienone is 1. The van der Waals surface area contributed by atoms with Crippen molar-refractivity contribution < 1.29 is 9.31 Å². The van der Waals surface area contributed by atoms with Crippen LogP contribution in [0, 0.1) is 5.41 Å². The van der Waals surface area contributed by atoms with Crippen molar-refractivity contribution in [2.45, 2.75) is 63.5 Å². The summed E-state index contributed by atoms with van der Waals surface area (Å²) >= 11 is 0. The number of rotatable bonds is 2. The minimum absolute atomic E-state index is 0.000486. The van der Waals surface area contributed by atoms with Crippen molar-refractivity contribution in [1.29, 1.82) is 0 Å². The van der Waals surface area contributed by atoms with Gasteiger partial charge >= 0.3 is 7.12 Å². The van der Waals surface area contributed by atoms with E-state index < -0.39 is 0 Å². The van der Waals surface area contributed by atoms with E-state index in [1.165, 1.54) is 11.1 Å². The van der Waals surface area contributed by atoms with Crippen molar-refractivity contribution in [3.05, 3.63) is 48.0 Å². The highest BCUT2D eigenvalue weighted by Gasteiger charge is 2.79. The van der Waals surface area contributed by atoms with Crippen LogP contribution in [0.15, 0.2) is 42.5 Å². The Morgan fingerprint density at radius 1 is 0.955 bits per heavy atom. The van der Waals surface area contributed by atoms with Crippen LogP contribution in [0.2, 0.25) is 0 Å². The predicted octanol–water partition coefficient (Wildman–Crippen LogP) is 4.30. The highest BCUT2D eigenvalue weighted by molar-refractivity contribution is 6.51. The Morgan fingerprint density at radius 3 is 2.00 bits per heavy atom. The van der Waals surface area contributed by atoms with Gasteiger partial charge < -0.3 is 9.31 Å². The van der Waals surface area contributed by atoms with Crippen molar-refractivity contribution in [1.82, 2.24) is 0 Å². The first-order chi connectivity index (χ1) is 10.2. The number of benzene rings is 1. The standard InChI is InChI=1S/C19H25BO2/c1-14-11-18(12-14)13-19(18,15-9-7-6-8-10-15)20-21-16(2,3)17(4,5)22-20/h6-10H,1,11-13H2,2-5H3. The maximum atomic E-state index is 6.46. The molecule has 0 N–H and O–H groups in total. The smallest absolute Gasteiger partial charge is 0.403 e. The second-order valence-electron chi connectivity index (χ2n) is 8.49. The summed E-state index contributed by atoms with van der Waals surface area (Å²) in [6.45, 7) is 12.7. The zero-order valence-corrected chi connectivity index (χ0v) is 14.1. The molecule has 2 saturated carbocycles. The van der Waals surface area contributed by atoms with Crippen LogP contribution in [0.1, 0.15) is 52.5 Å². The molecule has 116 valence electrons. The lowest BCUT2D eigenvalue weighted by atomic mass is 9.55. The largest absolute Gasteiger partial charge is 0.469 e. The van der Waals surface area contributed by atoms with Crippen LogP contribution in [-0.2, 0) is 14.6 Å². The molecule has 1 aliphatic heterocycles. The molecule has 3 aliphatic rings. The summed E-state index contributed by atoms with van der Waals surface area (Å²) in [5, 5.41) is 0.000486.